The smallest absolute Gasteiger partial charge is 0.238 e. The Morgan fingerprint density at radius 2 is 2.19 bits per heavy atom. The molecule has 1 aromatic carbocycles. The van der Waals surface area contributed by atoms with Gasteiger partial charge in [-0.2, -0.15) is 0 Å². The second kappa shape index (κ2) is 7.99. The van der Waals surface area contributed by atoms with Gasteiger partial charge in [0.05, 0.1) is 17.3 Å². The lowest BCUT2D eigenvalue weighted by molar-refractivity contribution is -0.117. The van der Waals surface area contributed by atoms with Gasteiger partial charge < -0.3 is 10.6 Å². The first-order valence-electron chi connectivity index (χ1n) is 6.98. The van der Waals surface area contributed by atoms with Gasteiger partial charge in [0.2, 0.25) is 5.91 Å². The normalized spacial score (nSPS) is 19.0. The molecule has 1 unspecified atom stereocenters. The lowest BCUT2D eigenvalue weighted by Crippen LogP contribution is -2.51. The molecule has 6 heteroatoms. The summed E-state index contributed by atoms with van der Waals surface area (Å²) in [6.45, 7) is 9.22. The number of nitrogens with one attached hydrogen (secondary N) is 2. The SMILES string of the molecule is Cc1cc(C)c(NC(=O)CN2CCNC(C)C2)c(Cl)c1.Cl. The zero-order chi connectivity index (χ0) is 14.7. The quantitative estimate of drug-likeness (QED) is 0.894. The van der Waals surface area contributed by atoms with Crippen molar-refractivity contribution in [3.05, 3.63) is 28.3 Å². The number of aryl methyl sites for hydroxylation is 2. The number of hydrogen-bond acceptors (Lipinski definition) is 3. The number of nitrogens with zero attached hydrogens (tertiary/aromatic N) is 1. The number of carbonyl (C=O) groups excluding carboxylic acids is 1. The van der Waals surface area contributed by atoms with Gasteiger partial charge in [0.1, 0.15) is 0 Å². The van der Waals surface area contributed by atoms with Gasteiger partial charge in [-0.15, -0.1) is 12.4 Å². The van der Waals surface area contributed by atoms with E-state index < -0.39 is 0 Å². The molecule has 1 aliphatic rings. The summed E-state index contributed by atoms with van der Waals surface area (Å²) < 4.78 is 0. The van der Waals surface area contributed by atoms with Crippen LogP contribution < -0.4 is 10.6 Å². The van der Waals surface area contributed by atoms with Crippen molar-refractivity contribution in [1.82, 2.24) is 10.2 Å². The van der Waals surface area contributed by atoms with Crippen LogP contribution in [0.25, 0.3) is 0 Å². The molecule has 4 nitrogen and oxygen atoms in total. The van der Waals surface area contributed by atoms with E-state index in [1.54, 1.807) is 0 Å². The van der Waals surface area contributed by atoms with Gasteiger partial charge in [-0.25, -0.2) is 0 Å². The van der Waals surface area contributed by atoms with Crippen molar-refractivity contribution in [2.45, 2.75) is 26.8 Å². The molecule has 0 bridgehead atoms. The number of halogens is 2. The summed E-state index contributed by atoms with van der Waals surface area (Å²) in [7, 11) is 0. The van der Waals surface area contributed by atoms with Gasteiger partial charge in [-0.1, -0.05) is 17.7 Å². The Morgan fingerprint density at radius 1 is 1.48 bits per heavy atom. The van der Waals surface area contributed by atoms with Gasteiger partial charge in [-0.3, -0.25) is 9.69 Å². The van der Waals surface area contributed by atoms with Crippen molar-refractivity contribution < 1.29 is 4.79 Å². The molecular weight excluding hydrogens is 309 g/mol. The van der Waals surface area contributed by atoms with Crippen LogP contribution in [0.2, 0.25) is 5.02 Å². The third kappa shape index (κ3) is 5.15. The third-order valence-corrected chi connectivity index (χ3v) is 3.81. The average molecular weight is 332 g/mol. The number of hydrogen-bond donors (Lipinski definition) is 2. The van der Waals surface area contributed by atoms with E-state index in [1.807, 2.05) is 26.0 Å². The molecule has 1 aliphatic heterocycles. The molecule has 118 valence electrons. The topological polar surface area (TPSA) is 44.4 Å². The van der Waals surface area contributed by atoms with E-state index in [2.05, 4.69) is 22.5 Å². The maximum absolute atomic E-state index is 12.1. The van der Waals surface area contributed by atoms with Crippen LogP contribution in [-0.4, -0.2) is 43.0 Å². The first kappa shape index (κ1) is 18.2. The van der Waals surface area contributed by atoms with Crippen LogP contribution in [0.5, 0.6) is 0 Å². The highest BCUT2D eigenvalue weighted by atomic mass is 35.5. The fraction of sp³-hybridized carbons (Fsp3) is 0.533. The fourth-order valence-corrected chi connectivity index (χ4v) is 2.98. The number of piperazine rings is 1. The Balaban J connectivity index is 0.00000220. The lowest BCUT2D eigenvalue weighted by atomic mass is 10.1. The van der Waals surface area contributed by atoms with E-state index in [-0.39, 0.29) is 18.3 Å². The summed E-state index contributed by atoms with van der Waals surface area (Å²) >= 11 is 6.21. The van der Waals surface area contributed by atoms with Crippen molar-refractivity contribution >= 4 is 35.6 Å². The molecule has 0 aliphatic carbocycles. The minimum Gasteiger partial charge on any atom is -0.323 e. The summed E-state index contributed by atoms with van der Waals surface area (Å²) in [6.07, 6.45) is 0. The third-order valence-electron chi connectivity index (χ3n) is 3.52. The first-order valence-corrected chi connectivity index (χ1v) is 7.36. The molecule has 21 heavy (non-hydrogen) atoms. The Bertz CT molecular complexity index is 485. The summed E-state index contributed by atoms with van der Waals surface area (Å²) in [5.41, 5.74) is 2.82. The predicted molar refractivity (Wildman–Crippen MR) is 90.7 cm³/mol. The van der Waals surface area contributed by atoms with Crippen molar-refractivity contribution in [2.24, 2.45) is 0 Å². The second-order valence-electron chi connectivity index (χ2n) is 5.58. The van der Waals surface area contributed by atoms with Gasteiger partial charge >= 0.3 is 0 Å². The number of benzene rings is 1. The Hall–Kier alpha value is -0.810. The van der Waals surface area contributed by atoms with Crippen LogP contribution in [0.3, 0.4) is 0 Å². The van der Waals surface area contributed by atoms with E-state index in [9.17, 15) is 4.79 Å². The van der Waals surface area contributed by atoms with Crippen molar-refractivity contribution in [3.63, 3.8) is 0 Å². The standard InChI is InChI=1S/C15H22ClN3O.ClH/c1-10-6-11(2)15(13(16)7-10)18-14(20)9-19-5-4-17-12(3)8-19;/h6-7,12,17H,4-5,8-9H2,1-3H3,(H,18,20);1H. The molecule has 1 atom stereocenters. The van der Waals surface area contributed by atoms with Crippen molar-refractivity contribution in [1.29, 1.82) is 0 Å². The van der Waals surface area contributed by atoms with Crippen LogP contribution in [0.4, 0.5) is 5.69 Å². The summed E-state index contributed by atoms with van der Waals surface area (Å²) in [6, 6.07) is 4.33. The Labute approximate surface area is 137 Å². The number of rotatable bonds is 3. The molecule has 0 aromatic heterocycles. The van der Waals surface area contributed by atoms with E-state index >= 15 is 0 Å². The van der Waals surface area contributed by atoms with E-state index in [4.69, 9.17) is 11.6 Å². The second-order valence-corrected chi connectivity index (χ2v) is 5.98. The molecule has 1 amide bonds. The van der Waals surface area contributed by atoms with Gasteiger partial charge in [0.25, 0.3) is 0 Å². The molecular formula is C15H23Cl2N3O. The fourth-order valence-electron chi connectivity index (χ4n) is 2.61. The molecule has 1 heterocycles. The molecule has 2 rings (SSSR count). The van der Waals surface area contributed by atoms with Crippen LogP contribution in [0, 0.1) is 13.8 Å². The van der Waals surface area contributed by atoms with Gasteiger partial charge in [-0.05, 0) is 38.0 Å². The molecule has 0 saturated carbocycles. The predicted octanol–water partition coefficient (Wildman–Crippen LogP) is 2.61. The zero-order valence-corrected chi connectivity index (χ0v) is 14.3. The molecule has 1 aromatic rings. The zero-order valence-electron chi connectivity index (χ0n) is 12.7. The van der Waals surface area contributed by atoms with E-state index in [0.29, 0.717) is 17.6 Å². The number of anilines is 1. The molecule has 0 radical (unpaired) electrons. The highest BCUT2D eigenvalue weighted by Crippen LogP contribution is 2.27. The summed E-state index contributed by atoms with van der Waals surface area (Å²) in [5.74, 6) is -0.00652. The largest absolute Gasteiger partial charge is 0.323 e. The Morgan fingerprint density at radius 3 is 2.81 bits per heavy atom. The minimum atomic E-state index is -0.00652. The molecule has 1 saturated heterocycles. The van der Waals surface area contributed by atoms with E-state index in [0.717, 1.165) is 36.4 Å². The van der Waals surface area contributed by atoms with Crippen LogP contribution in [0.15, 0.2) is 12.1 Å². The molecule has 2 N–H and O–H groups in total. The van der Waals surface area contributed by atoms with Crippen LogP contribution in [-0.2, 0) is 4.79 Å². The van der Waals surface area contributed by atoms with Gasteiger partial charge in [0.15, 0.2) is 0 Å². The maximum atomic E-state index is 12.1. The maximum Gasteiger partial charge on any atom is 0.238 e. The lowest BCUT2D eigenvalue weighted by Gasteiger charge is -2.31. The number of carbonyl (C=O) groups is 1. The van der Waals surface area contributed by atoms with Crippen LogP contribution in [0.1, 0.15) is 18.1 Å². The molecule has 1 fully saturated rings. The summed E-state index contributed by atoms with van der Waals surface area (Å²) in [4.78, 5) is 14.3. The van der Waals surface area contributed by atoms with Gasteiger partial charge in [0, 0.05) is 25.7 Å². The first-order chi connectivity index (χ1) is 9.45. The average Bonchev–Trinajstić information content (AvgIpc) is 2.33. The van der Waals surface area contributed by atoms with Crippen LogP contribution >= 0.6 is 24.0 Å². The van der Waals surface area contributed by atoms with Crippen molar-refractivity contribution in [3.8, 4) is 0 Å². The highest BCUT2D eigenvalue weighted by Gasteiger charge is 2.18. The highest BCUT2D eigenvalue weighted by molar-refractivity contribution is 6.34. The Kier molecular flexibility index (Phi) is 6.94. The van der Waals surface area contributed by atoms with Crippen molar-refractivity contribution in [2.75, 3.05) is 31.5 Å². The number of amides is 1. The minimum absolute atomic E-state index is 0. The summed E-state index contributed by atoms with van der Waals surface area (Å²) in [5, 5.41) is 6.90. The monoisotopic (exact) mass is 331 g/mol. The van der Waals surface area contributed by atoms with E-state index in [1.165, 1.54) is 0 Å². The molecule has 0 spiro atoms.